The van der Waals surface area contributed by atoms with Crippen molar-refractivity contribution in [2.24, 2.45) is 5.92 Å². The Morgan fingerprint density at radius 2 is 1.64 bits per heavy atom. The molecule has 0 saturated carbocycles. The molecule has 0 atom stereocenters. The highest BCUT2D eigenvalue weighted by atomic mass is 19.4. The van der Waals surface area contributed by atoms with Crippen LogP contribution in [0.2, 0.25) is 0 Å². The van der Waals surface area contributed by atoms with Gasteiger partial charge in [0.15, 0.2) is 5.58 Å². The number of piperazine rings is 1. The van der Waals surface area contributed by atoms with Crippen LogP contribution >= 0.6 is 0 Å². The second-order valence-electron chi connectivity index (χ2n) is 8.59. The van der Waals surface area contributed by atoms with Crippen molar-refractivity contribution in [1.82, 2.24) is 9.88 Å². The highest BCUT2D eigenvalue weighted by molar-refractivity contribution is 5.79. The number of hydrogen-bond donors (Lipinski definition) is 0. The van der Waals surface area contributed by atoms with E-state index < -0.39 is 11.7 Å². The van der Waals surface area contributed by atoms with Gasteiger partial charge in [0.25, 0.3) is 6.01 Å². The predicted molar refractivity (Wildman–Crippen MR) is 119 cm³/mol. The Hall–Kier alpha value is -3.23. The van der Waals surface area contributed by atoms with Gasteiger partial charge in [-0.15, -0.1) is 0 Å². The zero-order chi connectivity index (χ0) is 23.0. The molecule has 0 N–H and O–H groups in total. The number of benzene rings is 2. The van der Waals surface area contributed by atoms with Crippen LogP contribution in [0.25, 0.3) is 11.1 Å². The SMILES string of the molecule is O=C(C1CCN(c2nc3ccccc3o2)CC1)N1CCN(c2cccc(C(F)(F)F)c2)CC1. The lowest BCUT2D eigenvalue weighted by molar-refractivity contribution is -0.137. The molecule has 2 aromatic carbocycles. The second kappa shape index (κ2) is 8.61. The molecule has 3 heterocycles. The molecule has 2 aliphatic heterocycles. The van der Waals surface area contributed by atoms with Gasteiger partial charge in [0.05, 0.1) is 5.56 Å². The van der Waals surface area contributed by atoms with Gasteiger partial charge in [-0.05, 0) is 43.2 Å². The monoisotopic (exact) mass is 458 g/mol. The molecule has 1 aromatic heterocycles. The molecule has 0 spiro atoms. The summed E-state index contributed by atoms with van der Waals surface area (Å²) in [5.74, 6) is 0.0849. The predicted octanol–water partition coefficient (Wildman–Crippen LogP) is 4.41. The molecule has 3 aromatic rings. The first kappa shape index (κ1) is 21.6. The van der Waals surface area contributed by atoms with Crippen molar-refractivity contribution in [3.05, 3.63) is 54.1 Å². The van der Waals surface area contributed by atoms with Crippen LogP contribution in [0, 0.1) is 5.92 Å². The number of oxazole rings is 1. The van der Waals surface area contributed by atoms with Gasteiger partial charge in [0.1, 0.15) is 5.52 Å². The number of carbonyl (C=O) groups excluding carboxylic acids is 1. The van der Waals surface area contributed by atoms with E-state index in [1.54, 1.807) is 6.07 Å². The minimum atomic E-state index is -4.36. The zero-order valence-electron chi connectivity index (χ0n) is 18.1. The molecule has 0 bridgehead atoms. The Bertz CT molecular complexity index is 1100. The minimum absolute atomic E-state index is 0.0502. The first-order valence-electron chi connectivity index (χ1n) is 11.2. The van der Waals surface area contributed by atoms with Crippen LogP contribution in [0.15, 0.2) is 52.9 Å². The van der Waals surface area contributed by atoms with E-state index >= 15 is 0 Å². The molecule has 33 heavy (non-hydrogen) atoms. The fourth-order valence-corrected chi connectivity index (χ4v) is 4.64. The van der Waals surface area contributed by atoms with Crippen molar-refractivity contribution in [3.8, 4) is 0 Å². The molecule has 6 nitrogen and oxygen atoms in total. The van der Waals surface area contributed by atoms with Gasteiger partial charge in [0, 0.05) is 50.9 Å². The maximum absolute atomic E-state index is 13.1. The number of rotatable bonds is 3. The molecule has 174 valence electrons. The molecule has 2 aliphatic rings. The number of aromatic nitrogens is 1. The summed E-state index contributed by atoms with van der Waals surface area (Å²) >= 11 is 0. The number of amides is 1. The summed E-state index contributed by atoms with van der Waals surface area (Å²) in [5, 5.41) is 0. The quantitative estimate of drug-likeness (QED) is 0.582. The molecule has 0 radical (unpaired) electrons. The Morgan fingerprint density at radius 3 is 2.33 bits per heavy atom. The van der Waals surface area contributed by atoms with Gasteiger partial charge in [-0.3, -0.25) is 4.79 Å². The standard InChI is InChI=1S/C24H25F3N4O2/c25-24(26,27)18-4-3-5-19(16-18)29-12-14-30(15-13-29)22(32)17-8-10-31(11-9-17)23-28-20-6-1-2-7-21(20)33-23/h1-7,16-17H,8-15H2. The van der Waals surface area contributed by atoms with Crippen molar-refractivity contribution in [2.45, 2.75) is 19.0 Å². The Balaban J connectivity index is 1.15. The molecule has 5 rings (SSSR count). The van der Waals surface area contributed by atoms with Crippen LogP contribution < -0.4 is 9.80 Å². The summed E-state index contributed by atoms with van der Waals surface area (Å²) in [7, 11) is 0. The average Bonchev–Trinajstić information content (AvgIpc) is 3.28. The van der Waals surface area contributed by atoms with Crippen molar-refractivity contribution >= 4 is 28.7 Å². The topological polar surface area (TPSA) is 52.8 Å². The van der Waals surface area contributed by atoms with E-state index in [-0.39, 0.29) is 11.8 Å². The number of carbonyl (C=O) groups is 1. The zero-order valence-corrected chi connectivity index (χ0v) is 18.1. The van der Waals surface area contributed by atoms with E-state index in [4.69, 9.17) is 4.42 Å². The van der Waals surface area contributed by atoms with Gasteiger partial charge in [0.2, 0.25) is 5.91 Å². The van der Waals surface area contributed by atoms with Crippen LogP contribution in [0.1, 0.15) is 18.4 Å². The third-order valence-electron chi connectivity index (χ3n) is 6.53. The number of fused-ring (bicyclic) bond motifs is 1. The fourth-order valence-electron chi connectivity index (χ4n) is 4.64. The van der Waals surface area contributed by atoms with Gasteiger partial charge in [-0.25, -0.2) is 0 Å². The van der Waals surface area contributed by atoms with Gasteiger partial charge in [-0.2, -0.15) is 18.2 Å². The molecule has 0 aliphatic carbocycles. The van der Waals surface area contributed by atoms with E-state index in [0.29, 0.717) is 51.0 Å². The summed E-state index contributed by atoms with van der Waals surface area (Å²) in [6.45, 7) is 3.48. The minimum Gasteiger partial charge on any atom is -0.423 e. The Kier molecular flexibility index (Phi) is 5.64. The molecule has 0 unspecified atom stereocenters. The lowest BCUT2D eigenvalue weighted by Crippen LogP contribution is -2.51. The molecule has 2 saturated heterocycles. The highest BCUT2D eigenvalue weighted by Crippen LogP contribution is 2.32. The molecule has 9 heteroatoms. The molecule has 1 amide bonds. The molecular formula is C24H25F3N4O2. The lowest BCUT2D eigenvalue weighted by atomic mass is 9.95. The first-order chi connectivity index (χ1) is 15.9. The van der Waals surface area contributed by atoms with Gasteiger partial charge in [-0.1, -0.05) is 18.2 Å². The summed E-state index contributed by atoms with van der Waals surface area (Å²) in [6.07, 6.45) is -2.91. The van der Waals surface area contributed by atoms with Crippen LogP contribution in [-0.4, -0.2) is 55.1 Å². The third kappa shape index (κ3) is 4.49. The highest BCUT2D eigenvalue weighted by Gasteiger charge is 2.33. The third-order valence-corrected chi connectivity index (χ3v) is 6.53. The number of halogens is 3. The molecular weight excluding hydrogens is 433 g/mol. The van der Waals surface area contributed by atoms with E-state index in [1.165, 1.54) is 12.1 Å². The number of para-hydroxylation sites is 2. The number of hydrogen-bond acceptors (Lipinski definition) is 5. The van der Waals surface area contributed by atoms with E-state index in [2.05, 4.69) is 9.88 Å². The van der Waals surface area contributed by atoms with E-state index in [9.17, 15) is 18.0 Å². The average molecular weight is 458 g/mol. The number of nitrogens with zero attached hydrogens (tertiary/aromatic N) is 4. The summed E-state index contributed by atoms with van der Waals surface area (Å²) in [4.78, 5) is 23.5. The van der Waals surface area contributed by atoms with Gasteiger partial charge >= 0.3 is 6.18 Å². The molecule has 2 fully saturated rings. The summed E-state index contributed by atoms with van der Waals surface area (Å²) < 4.78 is 44.9. The fraction of sp³-hybridized carbons (Fsp3) is 0.417. The normalized spacial score (nSPS) is 18.2. The van der Waals surface area contributed by atoms with Crippen molar-refractivity contribution in [1.29, 1.82) is 0 Å². The van der Waals surface area contributed by atoms with Gasteiger partial charge < -0.3 is 19.1 Å². The van der Waals surface area contributed by atoms with E-state index in [1.807, 2.05) is 34.1 Å². The summed E-state index contributed by atoms with van der Waals surface area (Å²) in [5.41, 5.74) is 1.47. The van der Waals surface area contributed by atoms with Crippen molar-refractivity contribution in [3.63, 3.8) is 0 Å². The number of piperidine rings is 1. The number of anilines is 2. The Morgan fingerprint density at radius 1 is 0.909 bits per heavy atom. The lowest BCUT2D eigenvalue weighted by Gasteiger charge is -2.39. The van der Waals surface area contributed by atoms with Crippen LogP contribution in [0.4, 0.5) is 24.9 Å². The first-order valence-corrected chi connectivity index (χ1v) is 11.2. The smallest absolute Gasteiger partial charge is 0.416 e. The van der Waals surface area contributed by atoms with Crippen LogP contribution in [-0.2, 0) is 11.0 Å². The maximum atomic E-state index is 13.1. The number of alkyl halides is 3. The van der Waals surface area contributed by atoms with Crippen molar-refractivity contribution < 1.29 is 22.4 Å². The largest absolute Gasteiger partial charge is 0.423 e. The Labute approximate surface area is 189 Å². The van der Waals surface area contributed by atoms with Crippen LogP contribution in [0.5, 0.6) is 0 Å². The van der Waals surface area contributed by atoms with Crippen LogP contribution in [0.3, 0.4) is 0 Å². The second-order valence-corrected chi connectivity index (χ2v) is 8.59. The van der Waals surface area contributed by atoms with E-state index in [0.717, 1.165) is 30.0 Å². The summed E-state index contributed by atoms with van der Waals surface area (Å²) in [6, 6.07) is 13.6. The maximum Gasteiger partial charge on any atom is 0.416 e. The van der Waals surface area contributed by atoms with Crippen molar-refractivity contribution in [2.75, 3.05) is 49.1 Å².